The third kappa shape index (κ3) is 4.73. The van der Waals surface area contributed by atoms with Crippen LogP contribution >= 0.6 is 11.3 Å². The highest BCUT2D eigenvalue weighted by molar-refractivity contribution is 7.20. The average molecular weight is 396 g/mol. The van der Waals surface area contributed by atoms with Gasteiger partial charge >= 0.3 is 5.97 Å². The number of nitrogens with one attached hydrogen (secondary N) is 2. The van der Waals surface area contributed by atoms with Crippen LogP contribution in [0.4, 0.5) is 5.82 Å². The summed E-state index contributed by atoms with van der Waals surface area (Å²) in [5, 5.41) is 13.7. The molecule has 3 N–H and O–H groups in total. The molecule has 3 heterocycles. The molecule has 0 aromatic carbocycles. The Balaban J connectivity index is 1.98. The van der Waals surface area contributed by atoms with Gasteiger partial charge in [-0.1, -0.05) is 0 Å². The molecule has 1 aliphatic heterocycles. The van der Waals surface area contributed by atoms with Crippen molar-refractivity contribution in [3.8, 4) is 0 Å². The molecule has 1 fully saturated rings. The molecule has 3 rings (SSSR count). The minimum atomic E-state index is -0.508. The maximum atomic E-state index is 12.3. The number of nitrogens with zero attached hydrogens (tertiary/aromatic N) is 2. The summed E-state index contributed by atoms with van der Waals surface area (Å²) < 4.78 is 10.6. The van der Waals surface area contributed by atoms with Crippen LogP contribution in [0.3, 0.4) is 0 Å². The van der Waals surface area contributed by atoms with Crippen molar-refractivity contribution >= 4 is 33.3 Å². The first-order chi connectivity index (χ1) is 13.0. The normalized spacial score (nSPS) is 16.4. The molecule has 148 valence electrons. The van der Waals surface area contributed by atoms with E-state index in [0.29, 0.717) is 30.4 Å². The zero-order valence-electron chi connectivity index (χ0n) is 16.0. The Kier molecular flexibility index (Phi) is 6.59. The maximum Gasteiger partial charge on any atom is 0.348 e. The van der Waals surface area contributed by atoms with Gasteiger partial charge in [0, 0.05) is 6.54 Å². The van der Waals surface area contributed by atoms with E-state index in [1.165, 1.54) is 16.2 Å². The number of quaternary nitrogens is 1. The number of esters is 1. The summed E-state index contributed by atoms with van der Waals surface area (Å²) in [5.74, 6) is 1.05. The van der Waals surface area contributed by atoms with E-state index in [1.807, 2.05) is 6.92 Å². The minimum absolute atomic E-state index is 0.330. The first kappa shape index (κ1) is 19.9. The Morgan fingerprint density at radius 3 is 2.81 bits per heavy atom. The van der Waals surface area contributed by atoms with Crippen molar-refractivity contribution in [3.05, 3.63) is 16.3 Å². The summed E-state index contributed by atoms with van der Waals surface area (Å²) in [4.78, 5) is 24.4. The third-order valence-electron chi connectivity index (χ3n) is 4.47. The zero-order valence-corrected chi connectivity index (χ0v) is 16.8. The number of hydrogen-bond donors (Lipinski definition) is 3. The molecule has 2 aromatic rings. The Hall–Kier alpha value is -1.81. The van der Waals surface area contributed by atoms with Crippen LogP contribution in [0.1, 0.15) is 34.9 Å². The number of thiophene rings is 1. The largest absolute Gasteiger partial charge is 0.462 e. The second-order valence-electron chi connectivity index (χ2n) is 6.71. The van der Waals surface area contributed by atoms with E-state index in [2.05, 4.69) is 5.32 Å². The molecule has 8 nitrogen and oxygen atoms in total. The molecule has 1 aliphatic rings. The fourth-order valence-corrected chi connectivity index (χ4v) is 4.18. The van der Waals surface area contributed by atoms with Crippen LogP contribution in [-0.2, 0) is 16.0 Å². The molecular formula is C18H27N4O4S+. The summed E-state index contributed by atoms with van der Waals surface area (Å²) >= 11 is 1.33. The first-order valence-corrected chi connectivity index (χ1v) is 10.1. The number of fused-ring (bicyclic) bond motifs is 1. The van der Waals surface area contributed by atoms with Gasteiger partial charge < -0.3 is 24.8 Å². The van der Waals surface area contributed by atoms with E-state index in [9.17, 15) is 9.90 Å². The summed E-state index contributed by atoms with van der Waals surface area (Å²) in [6, 6.07) is 0. The number of aliphatic hydroxyl groups excluding tert-OH is 1. The van der Waals surface area contributed by atoms with Crippen molar-refractivity contribution in [1.29, 1.82) is 0 Å². The number of ether oxygens (including phenoxy) is 2. The van der Waals surface area contributed by atoms with Gasteiger partial charge in [0.2, 0.25) is 0 Å². The third-order valence-corrected chi connectivity index (χ3v) is 5.64. The lowest BCUT2D eigenvalue weighted by Crippen LogP contribution is -3.12. The molecule has 2 aromatic heterocycles. The molecule has 0 amide bonds. The highest BCUT2D eigenvalue weighted by Gasteiger charge is 2.23. The molecule has 0 spiro atoms. The lowest BCUT2D eigenvalue weighted by Gasteiger charge is -2.23. The number of aliphatic hydroxyl groups is 1. The summed E-state index contributed by atoms with van der Waals surface area (Å²) in [6.07, 6.45) is -0.508. The quantitative estimate of drug-likeness (QED) is 0.583. The minimum Gasteiger partial charge on any atom is -0.462 e. The van der Waals surface area contributed by atoms with Gasteiger partial charge in [0.1, 0.15) is 35.2 Å². The van der Waals surface area contributed by atoms with E-state index in [4.69, 9.17) is 19.4 Å². The number of carbonyl (C=O) groups is 1. The van der Waals surface area contributed by atoms with Crippen molar-refractivity contribution < 1.29 is 24.3 Å². The fourth-order valence-electron chi connectivity index (χ4n) is 3.09. The second kappa shape index (κ2) is 8.92. The molecule has 0 aliphatic carbocycles. The van der Waals surface area contributed by atoms with Crippen LogP contribution in [0, 0.1) is 6.92 Å². The summed E-state index contributed by atoms with van der Waals surface area (Å²) in [6.45, 7) is 10.1. The standard InChI is InChI=1S/C18H26N4O4S/c1-4-26-18(24)15-12(3)14-16(19-9-11(2)23)20-13(21-17(14)27-15)10-22-5-7-25-8-6-22/h11,23H,4-10H2,1-3H3,(H,19,20,21)/p+1/t11-/m1/s1. The van der Waals surface area contributed by atoms with Gasteiger partial charge in [-0.05, 0) is 26.3 Å². The number of aromatic nitrogens is 2. The van der Waals surface area contributed by atoms with E-state index in [0.717, 1.165) is 47.9 Å². The smallest absolute Gasteiger partial charge is 0.348 e. The van der Waals surface area contributed by atoms with Gasteiger partial charge in [0.05, 0.1) is 31.3 Å². The number of anilines is 1. The molecule has 9 heteroatoms. The summed E-state index contributed by atoms with van der Waals surface area (Å²) in [7, 11) is 0. The van der Waals surface area contributed by atoms with Gasteiger partial charge in [-0.3, -0.25) is 0 Å². The van der Waals surface area contributed by atoms with Crippen LogP contribution in [-0.4, -0.2) is 66.6 Å². The Bertz CT molecular complexity index is 802. The lowest BCUT2D eigenvalue weighted by molar-refractivity contribution is -0.922. The molecule has 27 heavy (non-hydrogen) atoms. The van der Waals surface area contributed by atoms with Gasteiger partial charge in [-0.25, -0.2) is 14.8 Å². The number of rotatable bonds is 7. The molecule has 1 saturated heterocycles. The van der Waals surface area contributed by atoms with Crippen molar-refractivity contribution in [2.45, 2.75) is 33.4 Å². The molecule has 0 bridgehead atoms. The number of hydrogen-bond acceptors (Lipinski definition) is 8. The van der Waals surface area contributed by atoms with Crippen LogP contribution in [0.15, 0.2) is 0 Å². The molecule has 0 unspecified atom stereocenters. The molecule has 0 saturated carbocycles. The molecular weight excluding hydrogens is 368 g/mol. The van der Waals surface area contributed by atoms with E-state index < -0.39 is 6.10 Å². The van der Waals surface area contributed by atoms with Gasteiger partial charge in [-0.15, -0.1) is 11.3 Å². The molecule has 0 radical (unpaired) electrons. The Labute approximate surface area is 162 Å². The van der Waals surface area contributed by atoms with Crippen LogP contribution in [0.25, 0.3) is 10.2 Å². The van der Waals surface area contributed by atoms with Crippen LogP contribution in [0.5, 0.6) is 0 Å². The number of aryl methyl sites for hydroxylation is 1. The van der Waals surface area contributed by atoms with Crippen molar-refractivity contribution in [2.75, 3.05) is 44.8 Å². The van der Waals surface area contributed by atoms with Crippen molar-refractivity contribution in [2.24, 2.45) is 0 Å². The fraction of sp³-hybridized carbons (Fsp3) is 0.611. The highest BCUT2D eigenvalue weighted by atomic mass is 32.1. The van der Waals surface area contributed by atoms with Gasteiger partial charge in [0.15, 0.2) is 5.82 Å². The van der Waals surface area contributed by atoms with Gasteiger partial charge in [0.25, 0.3) is 0 Å². The predicted molar refractivity (Wildman–Crippen MR) is 103 cm³/mol. The lowest BCUT2D eigenvalue weighted by atomic mass is 10.2. The second-order valence-corrected chi connectivity index (χ2v) is 7.71. The maximum absolute atomic E-state index is 12.3. The monoisotopic (exact) mass is 395 g/mol. The Morgan fingerprint density at radius 1 is 1.41 bits per heavy atom. The number of morpholine rings is 1. The first-order valence-electron chi connectivity index (χ1n) is 9.30. The van der Waals surface area contributed by atoms with Crippen molar-refractivity contribution in [3.63, 3.8) is 0 Å². The van der Waals surface area contributed by atoms with E-state index >= 15 is 0 Å². The topological polar surface area (TPSA) is 98.0 Å². The average Bonchev–Trinajstić information content (AvgIpc) is 2.97. The van der Waals surface area contributed by atoms with E-state index in [1.54, 1.807) is 13.8 Å². The van der Waals surface area contributed by atoms with Gasteiger partial charge in [-0.2, -0.15) is 0 Å². The SMILES string of the molecule is CCOC(=O)c1sc2nc(C[NH+]3CCOCC3)nc(NC[C@@H](C)O)c2c1C. The highest BCUT2D eigenvalue weighted by Crippen LogP contribution is 2.34. The van der Waals surface area contributed by atoms with Crippen LogP contribution < -0.4 is 10.2 Å². The van der Waals surface area contributed by atoms with E-state index in [-0.39, 0.29) is 5.97 Å². The van der Waals surface area contributed by atoms with Crippen molar-refractivity contribution in [1.82, 2.24) is 9.97 Å². The zero-order chi connectivity index (χ0) is 19.4. The van der Waals surface area contributed by atoms with Crippen LogP contribution in [0.2, 0.25) is 0 Å². The molecule has 1 atom stereocenters. The predicted octanol–water partition coefficient (Wildman–Crippen LogP) is 0.384. The Morgan fingerprint density at radius 2 is 2.15 bits per heavy atom. The number of carbonyl (C=O) groups excluding carboxylic acids is 1. The summed E-state index contributed by atoms with van der Waals surface area (Å²) in [5.41, 5.74) is 0.812.